The quantitative estimate of drug-likeness (QED) is 0.424. The highest BCUT2D eigenvalue weighted by Crippen LogP contribution is 2.00. The van der Waals surface area contributed by atoms with Crippen molar-refractivity contribution in [2.45, 2.75) is 32.5 Å². The zero-order chi connectivity index (χ0) is 6.57. The number of hydrogen-bond acceptors (Lipinski definition) is 3. The highest BCUT2D eigenvalue weighted by Gasteiger charge is 2.11. The van der Waals surface area contributed by atoms with E-state index in [9.17, 15) is 0 Å². The van der Waals surface area contributed by atoms with Crippen LogP contribution in [0.15, 0.2) is 0 Å². The van der Waals surface area contributed by atoms with Crippen molar-refractivity contribution in [1.29, 1.82) is 0 Å². The molecule has 0 radical (unpaired) electrons. The molecule has 50 valence electrons. The average molecular weight is 120 g/mol. The summed E-state index contributed by atoms with van der Waals surface area (Å²) >= 11 is 0. The minimum Gasteiger partial charge on any atom is -0.391 e. The first-order valence-electron chi connectivity index (χ1n) is 2.70. The number of rotatable bonds is 3. The lowest BCUT2D eigenvalue weighted by Crippen LogP contribution is -2.23. The fraction of sp³-hybridized carbons (Fsp3) is 1.00. The Balaban J connectivity index is 3.35. The molecule has 2 atom stereocenters. The van der Waals surface area contributed by atoms with Gasteiger partial charge in [0.25, 0.3) is 0 Å². The van der Waals surface area contributed by atoms with Crippen molar-refractivity contribution in [2.75, 3.05) is 0 Å². The van der Waals surface area contributed by atoms with Gasteiger partial charge in [0.2, 0.25) is 0 Å². The second-order valence-electron chi connectivity index (χ2n) is 1.79. The summed E-state index contributed by atoms with van der Waals surface area (Å²) in [5.41, 5.74) is 0. The van der Waals surface area contributed by atoms with Crippen LogP contribution in [0.5, 0.6) is 0 Å². The molecule has 0 saturated heterocycles. The Bertz CT molecular complexity index is 49.6. The van der Waals surface area contributed by atoms with E-state index in [-0.39, 0.29) is 0 Å². The fourth-order valence-corrected chi connectivity index (χ4v) is 0.504. The standard InChI is InChI=1S/C5H12O3/c1-3-5(8-7)4(2)6/h4-7H,3H2,1-2H3/t4-,5-/m0/s1. The maximum atomic E-state index is 8.73. The SMILES string of the molecule is CC[C@H](OO)[C@H](C)O. The van der Waals surface area contributed by atoms with E-state index in [4.69, 9.17) is 10.4 Å². The van der Waals surface area contributed by atoms with Gasteiger partial charge in [-0.3, -0.25) is 5.26 Å². The smallest absolute Gasteiger partial charge is 0.118 e. The van der Waals surface area contributed by atoms with E-state index < -0.39 is 12.2 Å². The molecule has 2 N–H and O–H groups in total. The van der Waals surface area contributed by atoms with Crippen LogP contribution in [0, 0.1) is 0 Å². The molecule has 0 unspecified atom stereocenters. The van der Waals surface area contributed by atoms with Crippen molar-refractivity contribution >= 4 is 0 Å². The van der Waals surface area contributed by atoms with Gasteiger partial charge < -0.3 is 5.11 Å². The summed E-state index contributed by atoms with van der Waals surface area (Å²) < 4.78 is 0. The van der Waals surface area contributed by atoms with Crippen LogP contribution in [0.25, 0.3) is 0 Å². The normalized spacial score (nSPS) is 18.0. The highest BCUT2D eigenvalue weighted by molar-refractivity contribution is 4.58. The molecule has 8 heavy (non-hydrogen) atoms. The zero-order valence-corrected chi connectivity index (χ0v) is 5.16. The van der Waals surface area contributed by atoms with E-state index in [0.717, 1.165) is 0 Å². The van der Waals surface area contributed by atoms with Crippen molar-refractivity contribution in [2.24, 2.45) is 0 Å². The van der Waals surface area contributed by atoms with Gasteiger partial charge in [-0.25, -0.2) is 4.89 Å². The van der Waals surface area contributed by atoms with E-state index in [0.29, 0.717) is 6.42 Å². The molecule has 0 aromatic heterocycles. The summed E-state index contributed by atoms with van der Waals surface area (Å²) in [7, 11) is 0. The predicted octanol–water partition coefficient (Wildman–Crippen LogP) is 0.635. The second kappa shape index (κ2) is 3.83. The van der Waals surface area contributed by atoms with E-state index in [1.54, 1.807) is 6.92 Å². The summed E-state index contributed by atoms with van der Waals surface area (Å²) in [4.78, 5) is 3.91. The maximum Gasteiger partial charge on any atom is 0.118 e. The number of aliphatic hydroxyl groups is 1. The molecule has 0 amide bonds. The van der Waals surface area contributed by atoms with Gasteiger partial charge in [0.15, 0.2) is 0 Å². The van der Waals surface area contributed by atoms with Gasteiger partial charge in [-0.05, 0) is 13.3 Å². The third-order valence-electron chi connectivity index (χ3n) is 1.08. The molecule has 0 spiro atoms. The van der Waals surface area contributed by atoms with Crippen LogP contribution >= 0.6 is 0 Å². The molecular formula is C5H12O3. The zero-order valence-electron chi connectivity index (χ0n) is 5.16. The lowest BCUT2D eigenvalue weighted by molar-refractivity contribution is -0.295. The summed E-state index contributed by atoms with van der Waals surface area (Å²) in [6, 6.07) is 0. The maximum absolute atomic E-state index is 8.73. The van der Waals surface area contributed by atoms with E-state index in [2.05, 4.69) is 4.89 Å². The number of aliphatic hydroxyl groups excluding tert-OH is 1. The topological polar surface area (TPSA) is 49.7 Å². The van der Waals surface area contributed by atoms with Crippen molar-refractivity contribution < 1.29 is 15.3 Å². The molecular weight excluding hydrogens is 108 g/mol. The van der Waals surface area contributed by atoms with Crippen LogP contribution in [-0.4, -0.2) is 22.6 Å². The summed E-state index contributed by atoms with van der Waals surface area (Å²) in [5.74, 6) is 0. The Morgan fingerprint density at radius 3 is 2.12 bits per heavy atom. The van der Waals surface area contributed by atoms with Gasteiger partial charge in [0, 0.05) is 0 Å². The fourth-order valence-electron chi connectivity index (χ4n) is 0.504. The molecule has 0 fully saturated rings. The molecule has 0 rings (SSSR count). The summed E-state index contributed by atoms with van der Waals surface area (Å²) in [6.07, 6.45) is -0.409. The molecule has 0 aliphatic carbocycles. The lowest BCUT2D eigenvalue weighted by atomic mass is 10.2. The van der Waals surface area contributed by atoms with Crippen molar-refractivity contribution in [3.05, 3.63) is 0 Å². The largest absolute Gasteiger partial charge is 0.391 e. The van der Waals surface area contributed by atoms with Gasteiger partial charge in [-0.1, -0.05) is 6.92 Å². The van der Waals surface area contributed by atoms with Crippen LogP contribution in [0.4, 0.5) is 0 Å². The van der Waals surface area contributed by atoms with Gasteiger partial charge >= 0.3 is 0 Å². The van der Waals surface area contributed by atoms with Gasteiger partial charge in [0.05, 0.1) is 6.10 Å². The van der Waals surface area contributed by atoms with E-state index >= 15 is 0 Å². The van der Waals surface area contributed by atoms with Crippen molar-refractivity contribution in [1.82, 2.24) is 0 Å². The Hall–Kier alpha value is -0.120. The summed E-state index contributed by atoms with van der Waals surface area (Å²) in [5, 5.41) is 16.8. The third-order valence-corrected chi connectivity index (χ3v) is 1.08. The average Bonchev–Trinajstić information content (AvgIpc) is 1.69. The van der Waals surface area contributed by atoms with E-state index in [1.165, 1.54) is 0 Å². The minimum atomic E-state index is -0.593. The molecule has 0 heterocycles. The van der Waals surface area contributed by atoms with Gasteiger partial charge in [-0.2, -0.15) is 0 Å². The number of hydrogen-bond donors (Lipinski definition) is 2. The Morgan fingerprint density at radius 1 is 1.62 bits per heavy atom. The molecule has 3 heteroatoms. The first-order chi connectivity index (χ1) is 3.72. The molecule has 0 saturated carbocycles. The Morgan fingerprint density at radius 2 is 2.12 bits per heavy atom. The Labute approximate surface area is 48.8 Å². The molecule has 3 nitrogen and oxygen atoms in total. The molecule has 0 bridgehead atoms. The van der Waals surface area contributed by atoms with Crippen molar-refractivity contribution in [3.8, 4) is 0 Å². The van der Waals surface area contributed by atoms with Crippen LogP contribution < -0.4 is 0 Å². The highest BCUT2D eigenvalue weighted by atomic mass is 17.1. The Kier molecular flexibility index (Phi) is 3.77. The van der Waals surface area contributed by atoms with Crippen LogP contribution in [-0.2, 0) is 4.89 Å². The molecule has 0 aromatic rings. The lowest BCUT2D eigenvalue weighted by Gasteiger charge is -2.12. The molecule has 0 aromatic carbocycles. The van der Waals surface area contributed by atoms with Crippen molar-refractivity contribution in [3.63, 3.8) is 0 Å². The minimum absolute atomic E-state index is 0.435. The van der Waals surface area contributed by atoms with Gasteiger partial charge in [-0.15, -0.1) is 0 Å². The molecule has 0 aliphatic heterocycles. The summed E-state index contributed by atoms with van der Waals surface area (Å²) in [6.45, 7) is 3.40. The third kappa shape index (κ3) is 2.26. The first kappa shape index (κ1) is 7.88. The van der Waals surface area contributed by atoms with Crippen LogP contribution in [0.1, 0.15) is 20.3 Å². The van der Waals surface area contributed by atoms with Crippen LogP contribution in [0.2, 0.25) is 0 Å². The van der Waals surface area contributed by atoms with Gasteiger partial charge in [0.1, 0.15) is 6.10 Å². The predicted molar refractivity (Wildman–Crippen MR) is 29.5 cm³/mol. The van der Waals surface area contributed by atoms with E-state index in [1.807, 2.05) is 6.92 Å². The molecule has 0 aliphatic rings. The monoisotopic (exact) mass is 120 g/mol. The van der Waals surface area contributed by atoms with Crippen LogP contribution in [0.3, 0.4) is 0 Å². The second-order valence-corrected chi connectivity index (χ2v) is 1.79. The first-order valence-corrected chi connectivity index (χ1v) is 2.70.